The van der Waals surface area contributed by atoms with Crippen LogP contribution in [0.15, 0.2) is 6.08 Å². The van der Waals surface area contributed by atoms with E-state index in [0.717, 1.165) is 29.5 Å². The Bertz CT molecular complexity index is 320. The minimum absolute atomic E-state index is 0.837. The van der Waals surface area contributed by atoms with Gasteiger partial charge in [0.25, 0.3) is 0 Å². The van der Waals surface area contributed by atoms with Crippen LogP contribution >= 0.6 is 11.5 Å². The van der Waals surface area contributed by atoms with E-state index in [1.807, 2.05) is 6.92 Å². The summed E-state index contributed by atoms with van der Waals surface area (Å²) >= 11 is 1.22. The molecule has 0 bridgehead atoms. The summed E-state index contributed by atoms with van der Waals surface area (Å²) < 4.78 is 3.77. The minimum atomic E-state index is -0.948. The van der Waals surface area contributed by atoms with Crippen LogP contribution in [-0.4, -0.2) is 20.7 Å². The van der Waals surface area contributed by atoms with E-state index in [0.29, 0.717) is 0 Å². The highest BCUT2D eigenvalue weighted by molar-refractivity contribution is 7.06. The molecule has 70 valence electrons. The number of rotatable bonds is 4. The summed E-state index contributed by atoms with van der Waals surface area (Å²) in [5.74, 6) is -0.948. The maximum atomic E-state index is 10.2. The number of aryl methyl sites for hydroxylation is 1. The Hall–Kier alpha value is -1.23. The van der Waals surface area contributed by atoms with Crippen molar-refractivity contribution in [1.29, 1.82) is 0 Å². The summed E-state index contributed by atoms with van der Waals surface area (Å²) in [6.45, 7) is 2.05. The molecule has 0 saturated heterocycles. The van der Waals surface area contributed by atoms with Crippen LogP contribution in [0.5, 0.6) is 0 Å². The summed E-state index contributed by atoms with van der Waals surface area (Å²) in [6.07, 6.45) is 4.47. The van der Waals surface area contributed by atoms with Gasteiger partial charge in [-0.3, -0.25) is 0 Å². The second-order valence-electron chi connectivity index (χ2n) is 2.51. The molecule has 1 aromatic heterocycles. The number of hydrogen-bond acceptors (Lipinski definition) is 4. The molecular formula is C8H10N2O2S. The Morgan fingerprint density at radius 2 is 2.46 bits per heavy atom. The molecule has 0 aliphatic carbocycles. The van der Waals surface area contributed by atoms with Crippen molar-refractivity contribution in [3.63, 3.8) is 0 Å². The Morgan fingerprint density at radius 3 is 3.08 bits per heavy atom. The van der Waals surface area contributed by atoms with E-state index in [9.17, 15) is 4.79 Å². The maximum absolute atomic E-state index is 10.2. The molecule has 1 N–H and O–H groups in total. The lowest BCUT2D eigenvalue weighted by molar-refractivity contribution is -0.131. The third-order valence-electron chi connectivity index (χ3n) is 1.45. The summed E-state index contributed by atoms with van der Waals surface area (Å²) in [5, 5.41) is 12.3. The average Bonchev–Trinajstić information content (AvgIpc) is 2.49. The van der Waals surface area contributed by atoms with E-state index in [4.69, 9.17) is 5.11 Å². The maximum Gasteiger partial charge on any atom is 0.328 e. The number of carboxylic acids is 1. The predicted molar refractivity (Wildman–Crippen MR) is 50.6 cm³/mol. The van der Waals surface area contributed by atoms with Gasteiger partial charge in [-0.15, -0.1) is 5.10 Å². The minimum Gasteiger partial charge on any atom is -0.478 e. The molecule has 5 heteroatoms. The number of carboxylic acid groups (broad SMARTS) is 1. The molecule has 0 saturated carbocycles. The quantitative estimate of drug-likeness (QED) is 0.746. The summed E-state index contributed by atoms with van der Waals surface area (Å²) in [7, 11) is 0. The van der Waals surface area contributed by atoms with Crippen molar-refractivity contribution in [2.45, 2.75) is 19.8 Å². The van der Waals surface area contributed by atoms with Gasteiger partial charge in [0.1, 0.15) is 0 Å². The molecule has 0 aliphatic heterocycles. The Labute approximate surface area is 80.1 Å². The second kappa shape index (κ2) is 4.71. The highest BCUT2D eigenvalue weighted by atomic mass is 32.1. The molecule has 0 unspecified atom stereocenters. The fourth-order valence-corrected chi connectivity index (χ4v) is 1.50. The zero-order valence-corrected chi connectivity index (χ0v) is 8.04. The third-order valence-corrected chi connectivity index (χ3v) is 2.18. The van der Waals surface area contributed by atoms with E-state index in [1.54, 1.807) is 0 Å². The van der Waals surface area contributed by atoms with Crippen molar-refractivity contribution < 1.29 is 9.90 Å². The van der Waals surface area contributed by atoms with Crippen LogP contribution in [0.4, 0.5) is 0 Å². The van der Waals surface area contributed by atoms with Crippen molar-refractivity contribution in [3.8, 4) is 0 Å². The predicted octanol–water partition coefficient (Wildman–Crippen LogP) is 1.59. The first kappa shape index (κ1) is 9.85. The van der Waals surface area contributed by atoms with Gasteiger partial charge < -0.3 is 5.11 Å². The first-order chi connectivity index (χ1) is 6.24. The summed E-state index contributed by atoms with van der Waals surface area (Å²) in [6, 6.07) is 0. The molecule has 1 rings (SSSR count). The summed E-state index contributed by atoms with van der Waals surface area (Å²) in [4.78, 5) is 11.1. The van der Waals surface area contributed by atoms with Crippen LogP contribution in [0.25, 0.3) is 6.08 Å². The first-order valence-electron chi connectivity index (χ1n) is 3.96. The SMILES string of the molecule is CCCc1nnsc1/C=C/C(=O)O. The topological polar surface area (TPSA) is 63.1 Å². The van der Waals surface area contributed by atoms with Crippen molar-refractivity contribution in [1.82, 2.24) is 9.59 Å². The lowest BCUT2D eigenvalue weighted by atomic mass is 10.2. The second-order valence-corrected chi connectivity index (χ2v) is 3.29. The van der Waals surface area contributed by atoms with Crippen molar-refractivity contribution in [2.24, 2.45) is 0 Å². The normalized spacial score (nSPS) is 10.8. The van der Waals surface area contributed by atoms with Gasteiger partial charge >= 0.3 is 5.97 Å². The van der Waals surface area contributed by atoms with Crippen LogP contribution in [0.2, 0.25) is 0 Å². The van der Waals surface area contributed by atoms with Crippen LogP contribution < -0.4 is 0 Å². The molecule has 1 aromatic rings. The van der Waals surface area contributed by atoms with Crippen molar-refractivity contribution in [3.05, 3.63) is 16.6 Å². The van der Waals surface area contributed by atoms with Crippen molar-refractivity contribution >= 4 is 23.6 Å². The first-order valence-corrected chi connectivity index (χ1v) is 4.73. The van der Waals surface area contributed by atoms with Gasteiger partial charge in [0.2, 0.25) is 0 Å². The van der Waals surface area contributed by atoms with Crippen LogP contribution in [0, 0.1) is 0 Å². The zero-order chi connectivity index (χ0) is 9.68. The molecule has 0 aliphatic rings. The molecule has 0 spiro atoms. The van der Waals surface area contributed by atoms with Crippen LogP contribution in [-0.2, 0) is 11.2 Å². The smallest absolute Gasteiger partial charge is 0.328 e. The van der Waals surface area contributed by atoms with E-state index in [-0.39, 0.29) is 0 Å². The van der Waals surface area contributed by atoms with Gasteiger partial charge in [-0.2, -0.15) is 0 Å². The Kier molecular flexibility index (Phi) is 3.57. The standard InChI is InChI=1S/C8H10N2O2S/c1-2-3-6-7(13-10-9-6)4-5-8(11)12/h4-5H,2-3H2,1H3,(H,11,12)/b5-4+. The van der Waals surface area contributed by atoms with Gasteiger partial charge in [0.05, 0.1) is 10.6 Å². The van der Waals surface area contributed by atoms with Gasteiger partial charge in [-0.25, -0.2) is 4.79 Å². The summed E-state index contributed by atoms with van der Waals surface area (Å²) in [5.41, 5.74) is 0.880. The van der Waals surface area contributed by atoms with Crippen LogP contribution in [0.3, 0.4) is 0 Å². The van der Waals surface area contributed by atoms with E-state index < -0.39 is 5.97 Å². The number of aliphatic carboxylic acids is 1. The zero-order valence-electron chi connectivity index (χ0n) is 7.23. The number of hydrogen-bond donors (Lipinski definition) is 1. The fourth-order valence-electron chi connectivity index (χ4n) is 0.899. The third kappa shape index (κ3) is 2.95. The van der Waals surface area contributed by atoms with E-state index >= 15 is 0 Å². The van der Waals surface area contributed by atoms with E-state index in [2.05, 4.69) is 9.59 Å². The van der Waals surface area contributed by atoms with Crippen LogP contribution in [0.1, 0.15) is 23.9 Å². The van der Waals surface area contributed by atoms with Gasteiger partial charge in [-0.1, -0.05) is 17.8 Å². The van der Waals surface area contributed by atoms with Gasteiger partial charge in [0, 0.05) is 6.08 Å². The molecule has 0 radical (unpaired) electrons. The lowest BCUT2D eigenvalue weighted by Gasteiger charge is -1.90. The van der Waals surface area contributed by atoms with Gasteiger partial charge in [0.15, 0.2) is 0 Å². The van der Waals surface area contributed by atoms with E-state index in [1.165, 1.54) is 17.6 Å². The largest absolute Gasteiger partial charge is 0.478 e. The molecule has 0 aromatic carbocycles. The highest BCUT2D eigenvalue weighted by Gasteiger charge is 2.03. The molecular weight excluding hydrogens is 188 g/mol. The number of nitrogens with zero attached hydrogens (tertiary/aromatic N) is 2. The fraction of sp³-hybridized carbons (Fsp3) is 0.375. The monoisotopic (exact) mass is 198 g/mol. The molecule has 4 nitrogen and oxygen atoms in total. The average molecular weight is 198 g/mol. The molecule has 0 atom stereocenters. The number of carbonyl (C=O) groups is 1. The molecule has 13 heavy (non-hydrogen) atoms. The Balaban J connectivity index is 2.75. The Morgan fingerprint density at radius 1 is 1.69 bits per heavy atom. The van der Waals surface area contributed by atoms with Gasteiger partial charge in [-0.05, 0) is 24.0 Å². The van der Waals surface area contributed by atoms with Crippen molar-refractivity contribution in [2.75, 3.05) is 0 Å². The lowest BCUT2D eigenvalue weighted by Crippen LogP contribution is -1.88. The molecule has 0 fully saturated rings. The number of aromatic nitrogens is 2. The highest BCUT2D eigenvalue weighted by Crippen LogP contribution is 2.13. The molecule has 0 amide bonds. The molecule has 1 heterocycles.